The third-order valence-electron chi connectivity index (χ3n) is 18.7. The first-order valence-corrected chi connectivity index (χ1v) is 32.3. The highest BCUT2D eigenvalue weighted by Gasteiger charge is 2.61. The molecule has 1 N–H and O–H groups in total. The summed E-state index contributed by atoms with van der Waals surface area (Å²) in [7, 11) is 2.56. The van der Waals surface area contributed by atoms with E-state index in [4.69, 9.17) is 75.8 Å². The van der Waals surface area contributed by atoms with Gasteiger partial charge < -0.3 is 81.1 Å². The van der Waals surface area contributed by atoms with Crippen molar-refractivity contribution in [1.29, 1.82) is 0 Å². The Hall–Kier alpha value is -7.63. The zero-order valence-electron chi connectivity index (χ0n) is 54.8. The number of amides is 1. The molecule has 0 spiro atoms. The third-order valence-corrected chi connectivity index (χ3v) is 18.7. The lowest BCUT2D eigenvalue weighted by Crippen LogP contribution is -2.68. The maximum atomic E-state index is 14.6. The van der Waals surface area contributed by atoms with Gasteiger partial charge in [-0.25, -0.2) is 19.2 Å². The molecule has 28 heteroatoms. The van der Waals surface area contributed by atoms with Crippen LogP contribution in [0.5, 0.6) is 0 Å². The Labute approximate surface area is 555 Å². The largest absolute Gasteiger partial charge is 0.467 e. The number of ketones is 1. The summed E-state index contributed by atoms with van der Waals surface area (Å²) in [5.41, 5.74) is 21.4. The zero-order chi connectivity index (χ0) is 68.2. The molecule has 6 aliphatic heterocycles. The molecule has 10 unspecified atom stereocenters. The van der Waals surface area contributed by atoms with Crippen molar-refractivity contribution >= 4 is 29.8 Å². The number of alkyl carbamates (subject to hydrolysis) is 1. The Kier molecular flexibility index (Phi) is 24.5. The van der Waals surface area contributed by atoms with Crippen LogP contribution in [0.4, 0.5) is 4.79 Å². The van der Waals surface area contributed by atoms with Gasteiger partial charge in [-0.1, -0.05) is 149 Å². The van der Waals surface area contributed by atoms with Crippen LogP contribution in [0.3, 0.4) is 0 Å². The summed E-state index contributed by atoms with van der Waals surface area (Å²) in [6.45, 7) is 12.0. The van der Waals surface area contributed by atoms with E-state index in [1.165, 1.54) is 33.3 Å². The van der Waals surface area contributed by atoms with Crippen LogP contribution >= 0.6 is 0 Å². The number of rotatable bonds is 26. The third kappa shape index (κ3) is 16.2. The van der Waals surface area contributed by atoms with Crippen LogP contribution in [0.1, 0.15) is 93.2 Å². The first kappa shape index (κ1) is 71.2. The predicted octanol–water partition coefficient (Wildman–Crippen LogP) is 9.01. The second-order valence-corrected chi connectivity index (χ2v) is 24.7. The second kappa shape index (κ2) is 33.1. The van der Waals surface area contributed by atoms with Crippen LogP contribution in [0.25, 0.3) is 20.9 Å². The molecular formula is C68H83N7O21. The molecule has 25 atom stereocenters. The van der Waals surface area contributed by atoms with Gasteiger partial charge in [-0.15, -0.1) is 0 Å². The van der Waals surface area contributed by atoms with Gasteiger partial charge in [0.2, 0.25) is 0 Å². The molecule has 6 saturated heterocycles. The number of hydrogen-bond donors (Lipinski definition) is 1. The normalized spacial score (nSPS) is 35.7. The van der Waals surface area contributed by atoms with E-state index >= 15 is 0 Å². The van der Waals surface area contributed by atoms with E-state index in [2.05, 4.69) is 25.4 Å². The standard InChI is InChI=1S/C68H83N7O21/c1-10-44-35(3)36(4)47(72-74-69)64(86-44)91-51-38(6)52(83-32-40-24-16-12-17-25-40)66(95-58(51)62(79)81-8)93-54-45(11-2)87-65(49-55(54)96-68(80)71-49)94-57-53(39(7)76)92-67(59(89-61(78)43-30-22-15-23-31-43)56(57)84-33-41-26-18-13-19-27-41)90-50-37(5)48(73-75-70)63(82-9)88-46(50)34-85-60(77)42-28-20-14-21-29-42/h12-31,35-38,44-59,63-67H,10-11,32-34H2,1-9H3,(H,71,80)/t35-,36-,37+,38-,44?,45?,46?,47?,48?,49?,50-,51-,52?,53?,54+,55+,56+,57-,58?,59?,63-,64+,65-,66+,67+/m0/s1. The van der Waals surface area contributed by atoms with Crippen molar-refractivity contribution in [3.63, 3.8) is 0 Å². The molecule has 0 aromatic heterocycles. The van der Waals surface area contributed by atoms with Crippen molar-refractivity contribution < 1.29 is 99.8 Å². The fourth-order valence-corrected chi connectivity index (χ4v) is 13.3. The molecule has 6 aliphatic rings. The molecule has 1 amide bonds. The summed E-state index contributed by atoms with van der Waals surface area (Å²) in [5.74, 6) is -4.74. The number of azide groups is 2. The van der Waals surface area contributed by atoms with Crippen molar-refractivity contribution in [1.82, 2.24) is 5.32 Å². The average molecular weight is 1330 g/mol. The first-order chi connectivity index (χ1) is 46.5. The number of carbonyl (C=O) groups excluding carboxylic acids is 5. The van der Waals surface area contributed by atoms with Crippen LogP contribution in [0.15, 0.2) is 132 Å². The molecule has 4 aromatic rings. The lowest BCUT2D eigenvalue weighted by atomic mass is 9.81. The van der Waals surface area contributed by atoms with Gasteiger partial charge in [0.25, 0.3) is 0 Å². The van der Waals surface area contributed by atoms with Crippen molar-refractivity contribution in [2.45, 2.75) is 203 Å². The number of carbonyl (C=O) groups is 5. The molecular weight excluding hydrogens is 1250 g/mol. The number of benzene rings is 4. The van der Waals surface area contributed by atoms with Crippen LogP contribution in [0, 0.1) is 23.7 Å². The van der Waals surface area contributed by atoms with Gasteiger partial charge in [-0.3, -0.25) is 4.79 Å². The number of nitrogens with zero attached hydrogens (tertiary/aromatic N) is 6. The molecule has 96 heavy (non-hydrogen) atoms. The summed E-state index contributed by atoms with van der Waals surface area (Å²) in [6, 6.07) is 31.6. The van der Waals surface area contributed by atoms with Gasteiger partial charge in [0.15, 0.2) is 55.5 Å². The Morgan fingerprint density at radius 1 is 0.521 bits per heavy atom. The highest BCUT2D eigenvalue weighted by Crippen LogP contribution is 2.43. The minimum absolute atomic E-state index is 0.00685. The molecule has 0 aliphatic carbocycles. The molecule has 10 rings (SSSR count). The fourth-order valence-electron chi connectivity index (χ4n) is 13.3. The molecule has 4 aromatic carbocycles. The number of nitrogens with one attached hydrogen (secondary N) is 1. The van der Waals surface area contributed by atoms with Crippen molar-refractivity contribution in [3.8, 4) is 0 Å². The van der Waals surface area contributed by atoms with Crippen LogP contribution in [-0.2, 0) is 98.6 Å². The SMILES string of the molecule is CCC1O[C@H](O[C@@H]2C(C(=O)OC)O[C@@H](O[C@@H]3C(CC)O[C@@H](O[C@H]4C(C(C)=O)O[C@@H](O[C@@H]5C(COC(=O)c6ccccc6)O[C@H](OC)C(N=[N+]=[N-])[C@H]5C)C(OC(=O)c5ccccc5)[C@@H]4OCc4ccccc4)C4NC(=O)O[C@H]43)C(OCc3ccccc3)[C@H]2C)C(N=[N+]=[N-])[C@@H](C)[C@@H]1C. The van der Waals surface area contributed by atoms with Gasteiger partial charge in [0.1, 0.15) is 55.4 Å². The monoisotopic (exact) mass is 1330 g/mol. The first-order valence-electron chi connectivity index (χ1n) is 32.3. The second-order valence-electron chi connectivity index (χ2n) is 24.7. The van der Waals surface area contributed by atoms with Crippen molar-refractivity contribution in [2.24, 2.45) is 33.9 Å². The number of esters is 3. The van der Waals surface area contributed by atoms with Gasteiger partial charge in [0, 0.05) is 22.9 Å². The number of methoxy groups -OCH3 is 2. The summed E-state index contributed by atoms with van der Waals surface area (Å²) in [4.78, 5) is 76.7. The van der Waals surface area contributed by atoms with E-state index in [9.17, 15) is 35.0 Å². The van der Waals surface area contributed by atoms with E-state index in [1.54, 1.807) is 93.6 Å². The van der Waals surface area contributed by atoms with Crippen LogP contribution in [0.2, 0.25) is 0 Å². The molecule has 6 heterocycles. The number of fused-ring (bicyclic) bond motifs is 1. The zero-order valence-corrected chi connectivity index (χ0v) is 54.8. The van der Waals surface area contributed by atoms with E-state index in [-0.39, 0.29) is 48.7 Å². The highest BCUT2D eigenvalue weighted by atomic mass is 16.8. The quantitative estimate of drug-likeness (QED) is 0.0201. The molecule has 28 nitrogen and oxygen atoms in total. The van der Waals surface area contributed by atoms with E-state index in [1.807, 2.05) is 57.2 Å². The van der Waals surface area contributed by atoms with Gasteiger partial charge >= 0.3 is 24.0 Å². The lowest BCUT2D eigenvalue weighted by molar-refractivity contribution is -0.370. The number of hydrogen-bond acceptors (Lipinski definition) is 23. The Bertz CT molecular complexity index is 3340. The minimum Gasteiger partial charge on any atom is -0.467 e. The number of ether oxygens (including phenoxy) is 16. The fraction of sp³-hybridized carbons (Fsp3) is 0.574. The smallest absolute Gasteiger partial charge is 0.408 e. The van der Waals surface area contributed by atoms with Gasteiger partial charge in [-0.2, -0.15) is 0 Å². The van der Waals surface area contributed by atoms with E-state index in [0.29, 0.717) is 12.0 Å². The van der Waals surface area contributed by atoms with Gasteiger partial charge in [0.05, 0.1) is 61.8 Å². The molecule has 516 valence electrons. The molecule has 0 radical (unpaired) electrons. The van der Waals surface area contributed by atoms with E-state index < -0.39 is 171 Å². The van der Waals surface area contributed by atoms with Crippen LogP contribution < -0.4 is 5.32 Å². The average Bonchev–Trinajstić information content (AvgIpc) is 1.26. The minimum atomic E-state index is -1.73. The summed E-state index contributed by atoms with van der Waals surface area (Å²) in [6.07, 6.45) is -23.1. The topological polar surface area (TPSA) is 343 Å². The van der Waals surface area contributed by atoms with Crippen molar-refractivity contribution in [3.05, 3.63) is 164 Å². The maximum absolute atomic E-state index is 14.6. The summed E-state index contributed by atoms with van der Waals surface area (Å²) >= 11 is 0. The molecule has 6 fully saturated rings. The predicted molar refractivity (Wildman–Crippen MR) is 335 cm³/mol. The molecule has 0 bridgehead atoms. The lowest BCUT2D eigenvalue weighted by Gasteiger charge is -2.51. The van der Waals surface area contributed by atoms with Gasteiger partial charge in [-0.05, 0) is 84.0 Å². The van der Waals surface area contributed by atoms with E-state index in [0.717, 1.165) is 5.56 Å². The highest BCUT2D eigenvalue weighted by molar-refractivity contribution is 5.90. The van der Waals surface area contributed by atoms with Crippen LogP contribution in [-0.4, -0.2) is 180 Å². The number of Topliss-reactive ketones (excluding diaryl/α,β-unsaturated/α-hetero) is 1. The Morgan fingerprint density at radius 2 is 1.03 bits per heavy atom. The Balaban J connectivity index is 0.988. The Morgan fingerprint density at radius 3 is 1.60 bits per heavy atom. The van der Waals surface area contributed by atoms with Crippen molar-refractivity contribution in [2.75, 3.05) is 20.8 Å². The summed E-state index contributed by atoms with van der Waals surface area (Å²) in [5, 5.41) is 10.9. The summed E-state index contributed by atoms with van der Waals surface area (Å²) < 4.78 is 104. The molecule has 0 saturated carbocycles. The maximum Gasteiger partial charge on any atom is 0.408 e.